The lowest BCUT2D eigenvalue weighted by atomic mass is 10.0. The summed E-state index contributed by atoms with van der Waals surface area (Å²) in [6.45, 7) is 13.6. The van der Waals surface area contributed by atoms with Crippen molar-refractivity contribution in [2.24, 2.45) is 0 Å². The van der Waals surface area contributed by atoms with Gasteiger partial charge in [0.25, 0.3) is 0 Å². The lowest BCUT2D eigenvalue weighted by Gasteiger charge is -2.35. The molecule has 0 amide bonds. The molecule has 2 nitrogen and oxygen atoms in total. The Morgan fingerprint density at radius 1 is 1.39 bits per heavy atom. The summed E-state index contributed by atoms with van der Waals surface area (Å²) in [5.41, 5.74) is 4.31. The van der Waals surface area contributed by atoms with Crippen molar-refractivity contribution >= 4 is 5.69 Å². The standard InChI is InChI=1S/C16H24N2/c1-5-10-18(16(2,3)4)12-13-6-7-14-8-9-17-15(14)11-13/h5-7,11,17H,1,8-10,12H2,2-4H3. The second-order valence-electron chi connectivity index (χ2n) is 6.01. The van der Waals surface area contributed by atoms with E-state index in [9.17, 15) is 0 Å². The van der Waals surface area contributed by atoms with Gasteiger partial charge in [0, 0.05) is 30.9 Å². The summed E-state index contributed by atoms with van der Waals surface area (Å²) in [6.07, 6.45) is 3.14. The molecular formula is C16H24N2. The van der Waals surface area contributed by atoms with E-state index in [1.165, 1.54) is 16.8 Å². The van der Waals surface area contributed by atoms with Crippen LogP contribution >= 0.6 is 0 Å². The van der Waals surface area contributed by atoms with Gasteiger partial charge in [-0.1, -0.05) is 18.2 Å². The molecule has 1 heterocycles. The molecule has 0 unspecified atom stereocenters. The SMILES string of the molecule is C=CCN(Cc1ccc2c(c1)NCC2)C(C)(C)C. The van der Waals surface area contributed by atoms with Crippen LogP contribution in [0.15, 0.2) is 30.9 Å². The van der Waals surface area contributed by atoms with Gasteiger partial charge in [-0.15, -0.1) is 6.58 Å². The summed E-state index contributed by atoms with van der Waals surface area (Å²) >= 11 is 0. The van der Waals surface area contributed by atoms with Gasteiger partial charge in [0.15, 0.2) is 0 Å². The summed E-state index contributed by atoms with van der Waals surface area (Å²) in [7, 11) is 0. The van der Waals surface area contributed by atoms with E-state index in [1.54, 1.807) is 0 Å². The topological polar surface area (TPSA) is 15.3 Å². The fraction of sp³-hybridized carbons (Fsp3) is 0.500. The quantitative estimate of drug-likeness (QED) is 0.816. The minimum atomic E-state index is 0.167. The maximum absolute atomic E-state index is 3.86. The largest absolute Gasteiger partial charge is 0.384 e. The highest BCUT2D eigenvalue weighted by molar-refractivity contribution is 5.57. The summed E-state index contributed by atoms with van der Waals surface area (Å²) < 4.78 is 0. The molecule has 0 aliphatic carbocycles. The van der Waals surface area contributed by atoms with Gasteiger partial charge in [-0.3, -0.25) is 4.90 Å². The monoisotopic (exact) mass is 244 g/mol. The Bertz CT molecular complexity index is 429. The maximum atomic E-state index is 3.86. The van der Waals surface area contributed by atoms with Crippen molar-refractivity contribution in [2.75, 3.05) is 18.4 Å². The molecule has 0 atom stereocenters. The highest BCUT2D eigenvalue weighted by Crippen LogP contribution is 2.25. The van der Waals surface area contributed by atoms with E-state index in [1.807, 2.05) is 6.08 Å². The molecule has 2 heteroatoms. The molecule has 0 radical (unpaired) electrons. The predicted octanol–water partition coefficient (Wildman–Crippen LogP) is 3.44. The van der Waals surface area contributed by atoms with Crippen molar-refractivity contribution in [1.29, 1.82) is 0 Å². The number of anilines is 1. The lowest BCUT2D eigenvalue weighted by molar-refractivity contribution is 0.145. The maximum Gasteiger partial charge on any atom is 0.0376 e. The third-order valence-electron chi connectivity index (χ3n) is 3.56. The average molecular weight is 244 g/mol. The molecule has 1 aliphatic heterocycles. The Labute approximate surface area is 111 Å². The molecule has 0 spiro atoms. The molecule has 1 aromatic rings. The Morgan fingerprint density at radius 3 is 2.83 bits per heavy atom. The molecule has 2 rings (SSSR count). The normalized spacial score (nSPS) is 14.4. The second-order valence-corrected chi connectivity index (χ2v) is 6.01. The van der Waals surface area contributed by atoms with Gasteiger partial charge >= 0.3 is 0 Å². The number of hydrogen-bond acceptors (Lipinski definition) is 2. The highest BCUT2D eigenvalue weighted by Gasteiger charge is 2.20. The summed E-state index contributed by atoms with van der Waals surface area (Å²) in [5.74, 6) is 0. The van der Waals surface area contributed by atoms with Gasteiger partial charge < -0.3 is 5.32 Å². The molecule has 0 aromatic heterocycles. The van der Waals surface area contributed by atoms with E-state index < -0.39 is 0 Å². The van der Waals surface area contributed by atoms with Crippen molar-refractivity contribution in [3.05, 3.63) is 42.0 Å². The second kappa shape index (κ2) is 5.15. The fourth-order valence-corrected chi connectivity index (χ4v) is 2.39. The molecule has 0 fully saturated rings. The number of benzene rings is 1. The average Bonchev–Trinajstić information content (AvgIpc) is 2.74. The fourth-order valence-electron chi connectivity index (χ4n) is 2.39. The first-order valence-electron chi connectivity index (χ1n) is 6.72. The van der Waals surface area contributed by atoms with Gasteiger partial charge in [-0.25, -0.2) is 0 Å². The van der Waals surface area contributed by atoms with Crippen LogP contribution in [0.25, 0.3) is 0 Å². The van der Waals surface area contributed by atoms with Crippen LogP contribution in [0.2, 0.25) is 0 Å². The van der Waals surface area contributed by atoms with Gasteiger partial charge in [0.2, 0.25) is 0 Å². The van der Waals surface area contributed by atoms with Crippen molar-refractivity contribution in [3.8, 4) is 0 Å². The molecule has 0 bridgehead atoms. The Kier molecular flexibility index (Phi) is 3.76. The van der Waals surface area contributed by atoms with E-state index in [2.05, 4.69) is 55.8 Å². The van der Waals surface area contributed by atoms with E-state index in [4.69, 9.17) is 0 Å². The van der Waals surface area contributed by atoms with Crippen LogP contribution in [0, 0.1) is 0 Å². The van der Waals surface area contributed by atoms with Crippen molar-refractivity contribution < 1.29 is 0 Å². The van der Waals surface area contributed by atoms with E-state index in [0.717, 1.165) is 26.1 Å². The third-order valence-corrected chi connectivity index (χ3v) is 3.56. The molecular weight excluding hydrogens is 220 g/mol. The molecule has 1 aromatic carbocycles. The summed E-state index contributed by atoms with van der Waals surface area (Å²) in [5, 5.41) is 3.45. The first kappa shape index (κ1) is 13.2. The number of fused-ring (bicyclic) bond motifs is 1. The van der Waals surface area contributed by atoms with Crippen LogP contribution in [0.4, 0.5) is 5.69 Å². The van der Waals surface area contributed by atoms with Gasteiger partial charge in [0.1, 0.15) is 0 Å². The molecule has 18 heavy (non-hydrogen) atoms. The minimum Gasteiger partial charge on any atom is -0.384 e. The molecule has 0 saturated heterocycles. The van der Waals surface area contributed by atoms with Gasteiger partial charge in [-0.05, 0) is 44.4 Å². The predicted molar refractivity (Wildman–Crippen MR) is 79.0 cm³/mol. The van der Waals surface area contributed by atoms with Crippen LogP contribution < -0.4 is 5.32 Å². The van der Waals surface area contributed by atoms with E-state index >= 15 is 0 Å². The Hall–Kier alpha value is -1.28. The highest BCUT2D eigenvalue weighted by atomic mass is 15.2. The first-order chi connectivity index (χ1) is 8.50. The zero-order chi connectivity index (χ0) is 13.2. The summed E-state index contributed by atoms with van der Waals surface area (Å²) in [4.78, 5) is 2.44. The summed E-state index contributed by atoms with van der Waals surface area (Å²) in [6, 6.07) is 6.82. The van der Waals surface area contributed by atoms with Gasteiger partial charge in [0.05, 0.1) is 0 Å². The number of nitrogens with zero attached hydrogens (tertiary/aromatic N) is 1. The van der Waals surface area contributed by atoms with Crippen LogP contribution in [-0.2, 0) is 13.0 Å². The van der Waals surface area contributed by atoms with E-state index in [-0.39, 0.29) is 5.54 Å². The van der Waals surface area contributed by atoms with Crippen LogP contribution in [0.5, 0.6) is 0 Å². The smallest absolute Gasteiger partial charge is 0.0376 e. The molecule has 0 saturated carbocycles. The molecule has 1 aliphatic rings. The third kappa shape index (κ3) is 2.94. The van der Waals surface area contributed by atoms with E-state index in [0.29, 0.717) is 0 Å². The minimum absolute atomic E-state index is 0.167. The number of nitrogens with one attached hydrogen (secondary N) is 1. The zero-order valence-electron chi connectivity index (χ0n) is 11.8. The number of hydrogen-bond donors (Lipinski definition) is 1. The van der Waals surface area contributed by atoms with Crippen LogP contribution in [0.1, 0.15) is 31.9 Å². The van der Waals surface area contributed by atoms with Crippen LogP contribution in [0.3, 0.4) is 0 Å². The van der Waals surface area contributed by atoms with Crippen LogP contribution in [-0.4, -0.2) is 23.5 Å². The zero-order valence-corrected chi connectivity index (χ0v) is 11.8. The number of rotatable bonds is 4. The molecule has 98 valence electrons. The van der Waals surface area contributed by atoms with Crippen molar-refractivity contribution in [1.82, 2.24) is 4.90 Å². The lowest BCUT2D eigenvalue weighted by Crippen LogP contribution is -2.40. The van der Waals surface area contributed by atoms with Crippen molar-refractivity contribution in [3.63, 3.8) is 0 Å². The Balaban J connectivity index is 2.14. The van der Waals surface area contributed by atoms with Crippen molar-refractivity contribution in [2.45, 2.75) is 39.3 Å². The Morgan fingerprint density at radius 2 is 2.17 bits per heavy atom. The molecule has 1 N–H and O–H groups in total. The van der Waals surface area contributed by atoms with Gasteiger partial charge in [-0.2, -0.15) is 0 Å². The first-order valence-corrected chi connectivity index (χ1v) is 6.72.